The molecule has 3 rings (SSSR count). The van der Waals surface area contributed by atoms with Crippen molar-refractivity contribution in [3.63, 3.8) is 0 Å². The fourth-order valence-electron chi connectivity index (χ4n) is 3.04. The third kappa shape index (κ3) is 3.45. The zero-order valence-corrected chi connectivity index (χ0v) is 13.0. The Morgan fingerprint density at radius 2 is 2.09 bits per heavy atom. The number of aromatic nitrogens is 1. The first kappa shape index (κ1) is 15.4. The monoisotopic (exact) mass is 305 g/mol. The van der Waals surface area contributed by atoms with Crippen LogP contribution in [0.15, 0.2) is 24.4 Å². The summed E-state index contributed by atoms with van der Waals surface area (Å²) < 4.78 is 11.2. The van der Waals surface area contributed by atoms with Crippen LogP contribution >= 0.6 is 0 Å². The number of rotatable bonds is 3. The van der Waals surface area contributed by atoms with Crippen LogP contribution in [0.4, 0.5) is 0 Å². The molecule has 3 heterocycles. The van der Waals surface area contributed by atoms with Gasteiger partial charge in [-0.15, -0.1) is 0 Å². The van der Waals surface area contributed by atoms with Crippen molar-refractivity contribution in [2.75, 3.05) is 46.0 Å². The van der Waals surface area contributed by atoms with E-state index < -0.39 is 5.60 Å². The fraction of sp³-hybridized carbons (Fsp3) is 0.625. The minimum absolute atomic E-state index is 0.0709. The SMILES string of the molecule is CC1(C(=O)N2CCOCC2)CN(Cc2ccccn2)CCO1. The Bertz CT molecular complexity index is 505. The second-order valence-electron chi connectivity index (χ2n) is 6.02. The first-order valence-corrected chi connectivity index (χ1v) is 7.81. The zero-order valence-electron chi connectivity index (χ0n) is 13.0. The fourth-order valence-corrected chi connectivity index (χ4v) is 3.04. The molecule has 0 N–H and O–H groups in total. The standard InChI is InChI=1S/C16H23N3O3/c1-16(15(20)19-7-9-21-10-8-19)13-18(6-11-22-16)12-14-4-2-3-5-17-14/h2-5H,6-13H2,1H3. The smallest absolute Gasteiger partial charge is 0.256 e. The lowest BCUT2D eigenvalue weighted by Crippen LogP contribution is -2.60. The summed E-state index contributed by atoms with van der Waals surface area (Å²) >= 11 is 0. The number of carbonyl (C=O) groups is 1. The molecule has 1 amide bonds. The van der Waals surface area contributed by atoms with Crippen molar-refractivity contribution in [3.8, 4) is 0 Å². The van der Waals surface area contributed by atoms with Gasteiger partial charge in [-0.1, -0.05) is 6.07 Å². The minimum Gasteiger partial charge on any atom is -0.378 e. The molecule has 1 unspecified atom stereocenters. The maximum absolute atomic E-state index is 12.8. The summed E-state index contributed by atoms with van der Waals surface area (Å²) in [6, 6.07) is 5.91. The lowest BCUT2D eigenvalue weighted by atomic mass is 10.0. The van der Waals surface area contributed by atoms with Gasteiger partial charge >= 0.3 is 0 Å². The summed E-state index contributed by atoms with van der Waals surface area (Å²) in [6.45, 7) is 7.16. The van der Waals surface area contributed by atoms with E-state index in [4.69, 9.17) is 9.47 Å². The molecule has 0 aliphatic carbocycles. The van der Waals surface area contributed by atoms with Gasteiger partial charge < -0.3 is 14.4 Å². The van der Waals surface area contributed by atoms with Crippen molar-refractivity contribution < 1.29 is 14.3 Å². The number of nitrogens with zero attached hydrogens (tertiary/aromatic N) is 3. The Morgan fingerprint density at radius 3 is 2.82 bits per heavy atom. The van der Waals surface area contributed by atoms with Crippen LogP contribution in [0.3, 0.4) is 0 Å². The molecular weight excluding hydrogens is 282 g/mol. The van der Waals surface area contributed by atoms with E-state index in [0.29, 0.717) is 39.5 Å². The van der Waals surface area contributed by atoms with Gasteiger partial charge in [0, 0.05) is 38.9 Å². The van der Waals surface area contributed by atoms with Gasteiger partial charge in [0.05, 0.1) is 25.5 Å². The lowest BCUT2D eigenvalue weighted by Gasteiger charge is -2.42. The molecule has 0 spiro atoms. The Balaban J connectivity index is 1.64. The first-order chi connectivity index (χ1) is 10.7. The van der Waals surface area contributed by atoms with Gasteiger partial charge in [-0.3, -0.25) is 14.7 Å². The first-order valence-electron chi connectivity index (χ1n) is 7.81. The van der Waals surface area contributed by atoms with Crippen LogP contribution < -0.4 is 0 Å². The maximum atomic E-state index is 12.8. The van der Waals surface area contributed by atoms with E-state index >= 15 is 0 Å². The summed E-state index contributed by atoms with van der Waals surface area (Å²) in [5.74, 6) is 0.0709. The second kappa shape index (κ2) is 6.73. The predicted molar refractivity (Wildman–Crippen MR) is 81.3 cm³/mol. The normalized spacial score (nSPS) is 26.9. The lowest BCUT2D eigenvalue weighted by molar-refractivity contribution is -0.171. The molecule has 1 aromatic rings. The molecule has 1 atom stereocenters. The van der Waals surface area contributed by atoms with Crippen molar-refractivity contribution in [1.29, 1.82) is 0 Å². The molecule has 1 aromatic heterocycles. The van der Waals surface area contributed by atoms with Crippen molar-refractivity contribution in [2.24, 2.45) is 0 Å². The molecule has 6 nitrogen and oxygen atoms in total. The van der Waals surface area contributed by atoms with Gasteiger partial charge in [-0.05, 0) is 19.1 Å². The largest absolute Gasteiger partial charge is 0.378 e. The topological polar surface area (TPSA) is 54.9 Å². The zero-order chi connectivity index (χ0) is 15.4. The predicted octanol–water partition coefficient (Wildman–Crippen LogP) is 0.531. The van der Waals surface area contributed by atoms with Crippen LogP contribution in [-0.2, 0) is 20.8 Å². The number of ether oxygens (including phenoxy) is 2. The van der Waals surface area contributed by atoms with Gasteiger partial charge in [-0.25, -0.2) is 0 Å². The Labute approximate surface area is 131 Å². The van der Waals surface area contributed by atoms with E-state index in [9.17, 15) is 4.79 Å². The van der Waals surface area contributed by atoms with Gasteiger partial charge in [0.25, 0.3) is 5.91 Å². The molecule has 0 aromatic carbocycles. The Morgan fingerprint density at radius 1 is 1.27 bits per heavy atom. The van der Waals surface area contributed by atoms with E-state index in [1.54, 1.807) is 6.20 Å². The van der Waals surface area contributed by atoms with E-state index in [0.717, 1.165) is 18.8 Å². The highest BCUT2D eigenvalue weighted by atomic mass is 16.5. The molecule has 0 radical (unpaired) electrons. The van der Waals surface area contributed by atoms with E-state index in [1.807, 2.05) is 30.0 Å². The number of morpholine rings is 2. The minimum atomic E-state index is -0.773. The average Bonchev–Trinajstić information content (AvgIpc) is 2.56. The van der Waals surface area contributed by atoms with Crippen LogP contribution in [0.1, 0.15) is 12.6 Å². The second-order valence-corrected chi connectivity index (χ2v) is 6.02. The van der Waals surface area contributed by atoms with Crippen LogP contribution in [0.25, 0.3) is 0 Å². The van der Waals surface area contributed by atoms with E-state index in [1.165, 1.54) is 0 Å². The molecule has 0 saturated carbocycles. The van der Waals surface area contributed by atoms with Crippen molar-refractivity contribution in [2.45, 2.75) is 19.1 Å². The van der Waals surface area contributed by atoms with Gasteiger partial charge in [0.15, 0.2) is 5.60 Å². The van der Waals surface area contributed by atoms with Crippen molar-refractivity contribution in [3.05, 3.63) is 30.1 Å². The molecule has 2 saturated heterocycles. The summed E-state index contributed by atoms with van der Waals surface area (Å²) in [6.07, 6.45) is 1.80. The van der Waals surface area contributed by atoms with Crippen LogP contribution in [-0.4, -0.2) is 72.3 Å². The molecule has 6 heteroatoms. The highest BCUT2D eigenvalue weighted by Crippen LogP contribution is 2.22. The number of amides is 1. The molecule has 2 aliphatic heterocycles. The van der Waals surface area contributed by atoms with E-state index in [2.05, 4.69) is 9.88 Å². The summed E-state index contributed by atoms with van der Waals surface area (Å²) in [5.41, 5.74) is 0.246. The van der Waals surface area contributed by atoms with Gasteiger partial charge in [-0.2, -0.15) is 0 Å². The number of hydrogen-bond donors (Lipinski definition) is 0. The van der Waals surface area contributed by atoms with Crippen LogP contribution in [0.5, 0.6) is 0 Å². The molecule has 2 fully saturated rings. The van der Waals surface area contributed by atoms with Gasteiger partial charge in [0.1, 0.15) is 0 Å². The Kier molecular flexibility index (Phi) is 4.71. The third-order valence-electron chi connectivity index (χ3n) is 4.22. The van der Waals surface area contributed by atoms with Crippen molar-refractivity contribution in [1.82, 2.24) is 14.8 Å². The Hall–Kier alpha value is -1.50. The quantitative estimate of drug-likeness (QED) is 0.815. The third-order valence-corrected chi connectivity index (χ3v) is 4.22. The van der Waals surface area contributed by atoms with Crippen LogP contribution in [0, 0.1) is 0 Å². The molecule has 120 valence electrons. The van der Waals surface area contributed by atoms with E-state index in [-0.39, 0.29) is 5.91 Å². The number of carbonyl (C=O) groups excluding carboxylic acids is 1. The van der Waals surface area contributed by atoms with Gasteiger partial charge in [0.2, 0.25) is 0 Å². The average molecular weight is 305 g/mol. The highest BCUT2D eigenvalue weighted by Gasteiger charge is 2.42. The molecule has 2 aliphatic rings. The molecule has 22 heavy (non-hydrogen) atoms. The highest BCUT2D eigenvalue weighted by molar-refractivity contribution is 5.85. The summed E-state index contributed by atoms with van der Waals surface area (Å²) in [7, 11) is 0. The van der Waals surface area contributed by atoms with Crippen molar-refractivity contribution >= 4 is 5.91 Å². The maximum Gasteiger partial charge on any atom is 0.256 e. The van der Waals surface area contributed by atoms with Crippen LogP contribution in [0.2, 0.25) is 0 Å². The molecule has 0 bridgehead atoms. The summed E-state index contributed by atoms with van der Waals surface area (Å²) in [4.78, 5) is 21.2. The molecular formula is C16H23N3O3. The number of pyridine rings is 1. The number of hydrogen-bond acceptors (Lipinski definition) is 5. The summed E-state index contributed by atoms with van der Waals surface area (Å²) in [5, 5.41) is 0.